The minimum atomic E-state index is -4.75. The molecule has 31 heavy (non-hydrogen) atoms. The molecular formula is C21H15ClF4N4O. The molecule has 160 valence electrons. The van der Waals surface area contributed by atoms with Crippen molar-refractivity contribution in [3.8, 4) is 0 Å². The highest BCUT2D eigenvalue weighted by Crippen LogP contribution is 2.34. The number of fused-ring (bicyclic) bond motifs is 1. The van der Waals surface area contributed by atoms with Gasteiger partial charge >= 0.3 is 6.18 Å². The van der Waals surface area contributed by atoms with Gasteiger partial charge in [-0.2, -0.15) is 13.2 Å². The van der Waals surface area contributed by atoms with Crippen LogP contribution in [-0.4, -0.2) is 23.8 Å². The fourth-order valence-corrected chi connectivity index (χ4v) is 3.09. The predicted octanol–water partition coefficient (Wildman–Crippen LogP) is 4.80. The number of hydrogen-bond donors (Lipinski definition) is 2. The molecule has 0 unspecified atom stereocenters. The molecule has 3 aromatic rings. The first kappa shape index (κ1) is 22.2. The lowest BCUT2D eigenvalue weighted by Crippen LogP contribution is -2.30. The van der Waals surface area contributed by atoms with E-state index >= 15 is 0 Å². The first-order valence-electron chi connectivity index (χ1n) is 8.77. The maximum absolute atomic E-state index is 13.5. The second-order valence-electron chi connectivity index (χ2n) is 6.38. The van der Waals surface area contributed by atoms with Crippen LogP contribution in [0.3, 0.4) is 0 Å². The topological polar surface area (TPSA) is 80.4 Å². The monoisotopic (exact) mass is 450 g/mol. The second kappa shape index (κ2) is 8.73. The molecule has 1 aromatic heterocycles. The predicted molar refractivity (Wildman–Crippen MR) is 111 cm³/mol. The third-order valence-electron chi connectivity index (χ3n) is 4.31. The standard InChI is InChI=1S/C21H15ClF4N4O/c1-28-19(10-17(27)13-8-12(23)4-5-15(13)21(24,25)26)30-20(31)14-9-18-11(7-16(14)22)3-2-6-29-18/h2-10H,27H2,1H3,(H,28,30,31). The molecule has 1 amide bonds. The Kier molecular flexibility index (Phi) is 6.26. The van der Waals surface area contributed by atoms with Gasteiger partial charge in [-0.3, -0.25) is 14.8 Å². The Morgan fingerprint density at radius 2 is 1.94 bits per heavy atom. The molecule has 5 nitrogen and oxygen atoms in total. The molecule has 10 heteroatoms. The zero-order valence-corrected chi connectivity index (χ0v) is 16.7. The van der Waals surface area contributed by atoms with Crippen LogP contribution in [0.4, 0.5) is 17.6 Å². The minimum absolute atomic E-state index is 0.0859. The number of carbonyl (C=O) groups is 1. The molecule has 0 bridgehead atoms. The van der Waals surface area contributed by atoms with E-state index in [2.05, 4.69) is 15.3 Å². The number of benzene rings is 2. The fraction of sp³-hybridized carbons (Fsp3) is 0.0952. The smallest absolute Gasteiger partial charge is 0.398 e. The van der Waals surface area contributed by atoms with E-state index < -0.39 is 34.7 Å². The second-order valence-corrected chi connectivity index (χ2v) is 6.79. The Labute approximate surface area is 179 Å². The summed E-state index contributed by atoms with van der Waals surface area (Å²) in [5, 5.41) is 3.30. The molecule has 0 radical (unpaired) electrons. The van der Waals surface area contributed by atoms with Crippen molar-refractivity contribution in [3.63, 3.8) is 0 Å². The highest BCUT2D eigenvalue weighted by molar-refractivity contribution is 6.35. The van der Waals surface area contributed by atoms with Crippen molar-refractivity contribution in [2.75, 3.05) is 7.05 Å². The molecule has 3 rings (SSSR count). The summed E-state index contributed by atoms with van der Waals surface area (Å²) in [6, 6.07) is 8.47. The Bertz CT molecular complexity index is 1220. The number of amides is 1. The first-order valence-corrected chi connectivity index (χ1v) is 9.14. The first-order chi connectivity index (χ1) is 14.6. The third-order valence-corrected chi connectivity index (χ3v) is 4.62. The zero-order valence-electron chi connectivity index (χ0n) is 16.0. The van der Waals surface area contributed by atoms with E-state index in [1.807, 2.05) is 0 Å². The molecule has 0 aliphatic heterocycles. The molecule has 0 aliphatic rings. The number of nitrogens with two attached hydrogens (primary N) is 1. The minimum Gasteiger partial charge on any atom is -0.398 e. The molecule has 3 N–H and O–H groups in total. The van der Waals surface area contributed by atoms with Crippen molar-refractivity contribution in [3.05, 3.63) is 82.3 Å². The molecule has 0 fully saturated rings. The number of alkyl halides is 3. The molecule has 2 aromatic carbocycles. The van der Waals surface area contributed by atoms with Crippen molar-refractivity contribution in [1.82, 2.24) is 10.3 Å². The van der Waals surface area contributed by atoms with E-state index in [9.17, 15) is 22.4 Å². The van der Waals surface area contributed by atoms with Gasteiger partial charge in [0, 0.05) is 36.0 Å². The lowest BCUT2D eigenvalue weighted by Gasteiger charge is -2.14. The summed E-state index contributed by atoms with van der Waals surface area (Å²) in [4.78, 5) is 20.6. The number of carbonyl (C=O) groups excluding carboxylic acids is 1. The van der Waals surface area contributed by atoms with Crippen LogP contribution in [0.25, 0.3) is 16.6 Å². The molecular weight excluding hydrogens is 436 g/mol. The van der Waals surface area contributed by atoms with Crippen molar-refractivity contribution < 1.29 is 22.4 Å². The zero-order chi connectivity index (χ0) is 22.8. The van der Waals surface area contributed by atoms with Crippen LogP contribution in [-0.2, 0) is 6.18 Å². The van der Waals surface area contributed by atoms with Crippen molar-refractivity contribution in [1.29, 1.82) is 0 Å². The van der Waals surface area contributed by atoms with Gasteiger partial charge in [-0.25, -0.2) is 4.39 Å². The SMILES string of the molecule is CN=C(C=C(N)c1cc(F)ccc1C(F)(F)F)NC(=O)c1cc2ncccc2cc1Cl. The van der Waals surface area contributed by atoms with Gasteiger partial charge in [-0.05, 0) is 36.4 Å². The van der Waals surface area contributed by atoms with Gasteiger partial charge in [0.1, 0.15) is 11.7 Å². The molecule has 0 saturated heterocycles. The molecule has 0 atom stereocenters. The van der Waals surface area contributed by atoms with Gasteiger partial charge in [-0.1, -0.05) is 17.7 Å². The Morgan fingerprint density at radius 3 is 2.61 bits per heavy atom. The van der Waals surface area contributed by atoms with E-state index in [-0.39, 0.29) is 16.4 Å². The quantitative estimate of drug-likeness (QED) is 0.341. The van der Waals surface area contributed by atoms with Gasteiger partial charge in [0.15, 0.2) is 0 Å². The van der Waals surface area contributed by atoms with Crippen molar-refractivity contribution in [2.45, 2.75) is 6.18 Å². The van der Waals surface area contributed by atoms with Crippen LogP contribution in [0.2, 0.25) is 5.02 Å². The largest absolute Gasteiger partial charge is 0.417 e. The highest BCUT2D eigenvalue weighted by atomic mass is 35.5. The summed E-state index contributed by atoms with van der Waals surface area (Å²) in [5.41, 5.74) is 4.27. The number of aromatic nitrogens is 1. The number of aliphatic imine (C=N–C) groups is 1. The van der Waals surface area contributed by atoms with E-state index in [0.29, 0.717) is 23.7 Å². The summed E-state index contributed by atoms with van der Waals surface area (Å²) in [6.45, 7) is 0. The highest BCUT2D eigenvalue weighted by Gasteiger charge is 2.34. The van der Waals surface area contributed by atoms with E-state index in [1.165, 1.54) is 13.1 Å². The van der Waals surface area contributed by atoms with Crippen LogP contribution >= 0.6 is 11.6 Å². The summed E-state index contributed by atoms with van der Waals surface area (Å²) in [6.07, 6.45) is -2.19. The van der Waals surface area contributed by atoms with Crippen LogP contribution < -0.4 is 11.1 Å². The van der Waals surface area contributed by atoms with Gasteiger partial charge < -0.3 is 11.1 Å². The average molecular weight is 451 g/mol. The molecule has 0 saturated carbocycles. The number of pyridine rings is 1. The number of halogens is 5. The average Bonchev–Trinajstić information content (AvgIpc) is 2.71. The summed E-state index contributed by atoms with van der Waals surface area (Å²) < 4.78 is 53.3. The van der Waals surface area contributed by atoms with Gasteiger partial charge in [0.05, 0.1) is 21.7 Å². The molecule has 0 aliphatic carbocycles. The van der Waals surface area contributed by atoms with Crippen molar-refractivity contribution in [2.24, 2.45) is 10.7 Å². The number of nitrogens with one attached hydrogen (secondary N) is 1. The maximum atomic E-state index is 13.5. The maximum Gasteiger partial charge on any atom is 0.417 e. The number of rotatable bonds is 3. The Hall–Kier alpha value is -3.46. The summed E-state index contributed by atoms with van der Waals surface area (Å²) in [5.74, 6) is -1.71. The number of amidine groups is 1. The number of nitrogens with zero attached hydrogens (tertiary/aromatic N) is 2. The van der Waals surface area contributed by atoms with E-state index in [4.69, 9.17) is 17.3 Å². The van der Waals surface area contributed by atoms with E-state index in [1.54, 1.807) is 24.4 Å². The molecule has 0 spiro atoms. The Morgan fingerprint density at radius 1 is 1.19 bits per heavy atom. The van der Waals surface area contributed by atoms with Gasteiger partial charge in [0.25, 0.3) is 5.91 Å². The van der Waals surface area contributed by atoms with Crippen LogP contribution in [0.1, 0.15) is 21.5 Å². The van der Waals surface area contributed by atoms with Gasteiger partial charge in [-0.15, -0.1) is 0 Å². The third kappa shape index (κ3) is 5.00. The van der Waals surface area contributed by atoms with Crippen LogP contribution in [0.5, 0.6) is 0 Å². The fourth-order valence-electron chi connectivity index (χ4n) is 2.83. The number of hydrogen-bond acceptors (Lipinski definition) is 4. The summed E-state index contributed by atoms with van der Waals surface area (Å²) in [7, 11) is 1.30. The van der Waals surface area contributed by atoms with Crippen molar-refractivity contribution >= 4 is 39.9 Å². The Balaban J connectivity index is 1.92. The lowest BCUT2D eigenvalue weighted by molar-refractivity contribution is -0.137. The van der Waals surface area contributed by atoms with Crippen LogP contribution in [0.15, 0.2) is 59.7 Å². The normalized spacial score (nSPS) is 12.8. The van der Waals surface area contributed by atoms with Crippen LogP contribution in [0, 0.1) is 5.82 Å². The lowest BCUT2D eigenvalue weighted by atomic mass is 10.0. The summed E-state index contributed by atoms with van der Waals surface area (Å²) >= 11 is 6.18. The molecule has 1 heterocycles. The van der Waals surface area contributed by atoms with E-state index in [0.717, 1.165) is 11.5 Å². The van der Waals surface area contributed by atoms with Gasteiger partial charge in [0.2, 0.25) is 0 Å².